The predicted molar refractivity (Wildman–Crippen MR) is 107 cm³/mol. The molecule has 152 valence electrons. The van der Waals surface area contributed by atoms with E-state index in [1.165, 1.54) is 0 Å². The molecule has 0 aliphatic carbocycles. The van der Waals surface area contributed by atoms with E-state index in [4.69, 9.17) is 4.74 Å². The Bertz CT molecular complexity index is 836. The summed E-state index contributed by atoms with van der Waals surface area (Å²) in [6.45, 7) is 8.06. The van der Waals surface area contributed by atoms with E-state index in [0.717, 1.165) is 11.3 Å². The van der Waals surface area contributed by atoms with Crippen molar-refractivity contribution >= 4 is 11.9 Å². The van der Waals surface area contributed by atoms with Crippen LogP contribution >= 0.6 is 0 Å². The molecular formula is C21H29N3O4. The third kappa shape index (κ3) is 4.91. The summed E-state index contributed by atoms with van der Waals surface area (Å²) in [5, 5.41) is 16.7. The first-order valence-corrected chi connectivity index (χ1v) is 9.39. The van der Waals surface area contributed by atoms with Gasteiger partial charge in [-0.05, 0) is 45.2 Å². The highest BCUT2D eigenvalue weighted by Gasteiger charge is 2.25. The van der Waals surface area contributed by atoms with Crippen molar-refractivity contribution in [1.29, 1.82) is 0 Å². The van der Waals surface area contributed by atoms with Crippen LogP contribution in [-0.4, -0.2) is 40.4 Å². The molecule has 0 aliphatic rings. The zero-order valence-corrected chi connectivity index (χ0v) is 17.2. The average molecular weight is 387 g/mol. The highest BCUT2D eigenvalue weighted by molar-refractivity contribution is 5.95. The van der Waals surface area contributed by atoms with Crippen LogP contribution in [0.3, 0.4) is 0 Å². The Morgan fingerprint density at radius 2 is 1.96 bits per heavy atom. The van der Waals surface area contributed by atoms with Crippen LogP contribution < -0.4 is 10.1 Å². The van der Waals surface area contributed by atoms with Crippen LogP contribution in [0.15, 0.2) is 30.5 Å². The fourth-order valence-electron chi connectivity index (χ4n) is 3.18. The summed E-state index contributed by atoms with van der Waals surface area (Å²) in [5.74, 6) is -1.39. The first kappa shape index (κ1) is 21.5. The van der Waals surface area contributed by atoms with Crippen molar-refractivity contribution in [3.8, 4) is 5.75 Å². The van der Waals surface area contributed by atoms with E-state index in [2.05, 4.69) is 10.4 Å². The molecule has 7 heteroatoms. The number of carbonyl (C=O) groups excluding carboxylic acids is 1. The second-order valence-corrected chi connectivity index (χ2v) is 7.70. The molecule has 0 bridgehead atoms. The lowest BCUT2D eigenvalue weighted by Crippen LogP contribution is -2.34. The number of benzene rings is 1. The van der Waals surface area contributed by atoms with Crippen LogP contribution in [-0.2, 0) is 23.2 Å². The number of amides is 1. The quantitative estimate of drug-likeness (QED) is 0.726. The number of hydrogen-bond acceptors (Lipinski definition) is 4. The Hall–Kier alpha value is -2.83. The Morgan fingerprint density at radius 1 is 1.29 bits per heavy atom. The number of hydrogen-bond donors (Lipinski definition) is 2. The lowest BCUT2D eigenvalue weighted by atomic mass is 9.98. The van der Waals surface area contributed by atoms with Gasteiger partial charge in [0.1, 0.15) is 5.75 Å². The summed E-state index contributed by atoms with van der Waals surface area (Å²) < 4.78 is 7.13. The number of nitrogens with zero attached hydrogens (tertiary/aromatic N) is 2. The maximum absolute atomic E-state index is 12.7. The minimum absolute atomic E-state index is 0.0239. The third-order valence-corrected chi connectivity index (χ3v) is 4.60. The molecule has 2 N–H and O–H groups in total. The summed E-state index contributed by atoms with van der Waals surface area (Å²) in [5.41, 5.74) is 1.87. The molecule has 2 rings (SSSR count). The van der Waals surface area contributed by atoms with Gasteiger partial charge in [-0.2, -0.15) is 5.10 Å². The average Bonchev–Trinajstić information content (AvgIpc) is 3.09. The van der Waals surface area contributed by atoms with Gasteiger partial charge in [0.15, 0.2) is 0 Å². The maximum Gasteiger partial charge on any atom is 0.308 e. The van der Waals surface area contributed by atoms with Crippen molar-refractivity contribution in [2.24, 2.45) is 5.92 Å². The largest absolute Gasteiger partial charge is 0.496 e. The van der Waals surface area contributed by atoms with E-state index in [-0.39, 0.29) is 24.4 Å². The van der Waals surface area contributed by atoms with E-state index >= 15 is 0 Å². The Kier molecular flexibility index (Phi) is 6.83. The SMILES string of the molecule is CCc1c(C(=O)NCC(Cc2ccccc2OC)C(=O)O)cnn1C(C)(C)C. The molecule has 0 aliphatic heterocycles. The van der Waals surface area contributed by atoms with Crippen molar-refractivity contribution < 1.29 is 19.4 Å². The molecule has 1 unspecified atom stereocenters. The van der Waals surface area contributed by atoms with Gasteiger partial charge in [0.25, 0.3) is 5.91 Å². The monoisotopic (exact) mass is 387 g/mol. The Morgan fingerprint density at radius 3 is 2.54 bits per heavy atom. The molecule has 1 amide bonds. The number of carbonyl (C=O) groups is 2. The molecule has 7 nitrogen and oxygen atoms in total. The van der Waals surface area contributed by atoms with Crippen molar-refractivity contribution in [1.82, 2.24) is 15.1 Å². The molecule has 0 saturated carbocycles. The number of carboxylic acids is 1. The highest BCUT2D eigenvalue weighted by atomic mass is 16.5. The van der Waals surface area contributed by atoms with Gasteiger partial charge < -0.3 is 15.2 Å². The fraction of sp³-hybridized carbons (Fsp3) is 0.476. The fourth-order valence-corrected chi connectivity index (χ4v) is 3.18. The van der Waals surface area contributed by atoms with E-state index in [9.17, 15) is 14.7 Å². The summed E-state index contributed by atoms with van der Waals surface area (Å²) in [4.78, 5) is 24.4. The van der Waals surface area contributed by atoms with Crippen LogP contribution in [0.4, 0.5) is 0 Å². The minimum atomic E-state index is -0.965. The topological polar surface area (TPSA) is 93.4 Å². The van der Waals surface area contributed by atoms with Crippen molar-refractivity contribution in [2.45, 2.75) is 46.1 Å². The van der Waals surface area contributed by atoms with Gasteiger partial charge in [-0.1, -0.05) is 25.1 Å². The van der Waals surface area contributed by atoms with E-state index in [1.807, 2.05) is 50.6 Å². The molecule has 0 radical (unpaired) electrons. The molecule has 28 heavy (non-hydrogen) atoms. The zero-order valence-electron chi connectivity index (χ0n) is 17.2. The highest BCUT2D eigenvalue weighted by Crippen LogP contribution is 2.22. The molecule has 1 heterocycles. The molecule has 0 fully saturated rings. The summed E-state index contributed by atoms with van der Waals surface area (Å²) >= 11 is 0. The van der Waals surface area contributed by atoms with Crippen LogP contribution in [0, 0.1) is 5.92 Å². The predicted octanol–water partition coefficient (Wildman–Crippen LogP) is 2.88. The lowest BCUT2D eigenvalue weighted by molar-refractivity contribution is -0.141. The number of ether oxygens (including phenoxy) is 1. The number of aliphatic carboxylic acids is 1. The summed E-state index contributed by atoms with van der Waals surface area (Å²) in [6, 6.07) is 7.29. The number of methoxy groups -OCH3 is 1. The number of para-hydroxylation sites is 1. The maximum atomic E-state index is 12.7. The lowest BCUT2D eigenvalue weighted by Gasteiger charge is -2.22. The normalized spacial score (nSPS) is 12.5. The first-order chi connectivity index (χ1) is 13.2. The Labute approximate surface area is 165 Å². The minimum Gasteiger partial charge on any atom is -0.496 e. The smallest absolute Gasteiger partial charge is 0.308 e. The molecule has 1 aromatic carbocycles. The second-order valence-electron chi connectivity index (χ2n) is 7.70. The molecular weight excluding hydrogens is 358 g/mol. The summed E-state index contributed by atoms with van der Waals surface area (Å²) in [6.07, 6.45) is 2.47. The van der Waals surface area contributed by atoms with Gasteiger partial charge in [-0.25, -0.2) is 0 Å². The second kappa shape index (κ2) is 8.91. The van der Waals surface area contributed by atoms with E-state index in [1.54, 1.807) is 19.4 Å². The van der Waals surface area contributed by atoms with Gasteiger partial charge in [0.05, 0.1) is 36.0 Å². The molecule has 2 aromatic rings. The number of carboxylic acid groups (broad SMARTS) is 1. The van der Waals surface area contributed by atoms with E-state index in [0.29, 0.717) is 17.7 Å². The zero-order chi connectivity index (χ0) is 20.9. The van der Waals surface area contributed by atoms with Crippen LogP contribution in [0.1, 0.15) is 49.3 Å². The van der Waals surface area contributed by atoms with Crippen LogP contribution in [0.25, 0.3) is 0 Å². The van der Waals surface area contributed by atoms with Gasteiger partial charge in [0, 0.05) is 6.54 Å². The molecule has 0 spiro atoms. The van der Waals surface area contributed by atoms with Gasteiger partial charge in [0.2, 0.25) is 0 Å². The molecule has 0 saturated heterocycles. The van der Waals surface area contributed by atoms with Crippen LogP contribution in [0.5, 0.6) is 5.75 Å². The third-order valence-electron chi connectivity index (χ3n) is 4.60. The van der Waals surface area contributed by atoms with Crippen molar-refractivity contribution in [3.63, 3.8) is 0 Å². The number of nitrogens with one attached hydrogen (secondary N) is 1. The van der Waals surface area contributed by atoms with Crippen molar-refractivity contribution in [3.05, 3.63) is 47.3 Å². The number of aromatic nitrogens is 2. The van der Waals surface area contributed by atoms with Crippen molar-refractivity contribution in [2.75, 3.05) is 13.7 Å². The molecule has 1 aromatic heterocycles. The molecule has 1 atom stereocenters. The van der Waals surface area contributed by atoms with Gasteiger partial charge in [-0.15, -0.1) is 0 Å². The first-order valence-electron chi connectivity index (χ1n) is 9.39. The van der Waals surface area contributed by atoms with Gasteiger partial charge in [-0.3, -0.25) is 14.3 Å². The van der Waals surface area contributed by atoms with Gasteiger partial charge >= 0.3 is 5.97 Å². The van der Waals surface area contributed by atoms with E-state index < -0.39 is 11.9 Å². The van der Waals surface area contributed by atoms with Crippen LogP contribution in [0.2, 0.25) is 0 Å². The summed E-state index contributed by atoms with van der Waals surface area (Å²) in [7, 11) is 1.55. The standard InChI is InChI=1S/C21H29N3O4/c1-6-17-16(13-23-24(17)21(2,3)4)19(25)22-12-15(20(26)27)11-14-9-7-8-10-18(14)28-5/h7-10,13,15H,6,11-12H2,1-5H3,(H,22,25)(H,26,27). The Balaban J connectivity index is 2.13. The number of rotatable bonds is 8.